The van der Waals surface area contributed by atoms with Gasteiger partial charge in [0.15, 0.2) is 0 Å². The van der Waals surface area contributed by atoms with E-state index in [9.17, 15) is 0 Å². The molecule has 0 saturated heterocycles. The molecule has 0 saturated carbocycles. The maximum atomic E-state index is 7.40. The van der Waals surface area contributed by atoms with Gasteiger partial charge in [-0.3, -0.25) is 5.41 Å². The van der Waals surface area contributed by atoms with Gasteiger partial charge in [-0.2, -0.15) is 0 Å². The first kappa shape index (κ1) is 10.1. The third-order valence-electron chi connectivity index (χ3n) is 1.88. The van der Waals surface area contributed by atoms with E-state index in [-0.39, 0.29) is 0 Å². The summed E-state index contributed by atoms with van der Waals surface area (Å²) in [6, 6.07) is 7.69. The Kier molecular flexibility index (Phi) is 3.32. The molecular weight excluding hydrogens is 184 g/mol. The number of nitrogens with zero attached hydrogens (tertiary/aromatic N) is 1. The topological polar surface area (TPSA) is 27.1 Å². The van der Waals surface area contributed by atoms with Gasteiger partial charge in [-0.15, -0.1) is 0 Å². The van der Waals surface area contributed by atoms with E-state index in [1.165, 1.54) is 0 Å². The highest BCUT2D eigenvalue weighted by Gasteiger charge is 2.00. The molecule has 0 aromatic heterocycles. The van der Waals surface area contributed by atoms with Crippen LogP contribution in [0.3, 0.4) is 0 Å². The van der Waals surface area contributed by atoms with Crippen molar-refractivity contribution in [1.82, 2.24) is 4.90 Å². The predicted molar refractivity (Wildman–Crippen MR) is 56.3 cm³/mol. The molecule has 0 spiro atoms. The molecule has 0 bridgehead atoms. The summed E-state index contributed by atoms with van der Waals surface area (Å²) in [5.74, 6) is 0.556. The Balaban J connectivity index is 2.69. The number of halogens is 1. The summed E-state index contributed by atoms with van der Waals surface area (Å²) < 4.78 is 0. The monoisotopic (exact) mass is 196 g/mol. The lowest BCUT2D eigenvalue weighted by Crippen LogP contribution is -2.22. The molecule has 0 aliphatic rings. The molecule has 1 N–H and O–H groups in total. The van der Waals surface area contributed by atoms with Crippen molar-refractivity contribution in [2.75, 3.05) is 7.05 Å². The Labute approximate surface area is 83.6 Å². The van der Waals surface area contributed by atoms with Crippen molar-refractivity contribution < 1.29 is 0 Å². The number of hydrogen-bond acceptors (Lipinski definition) is 1. The minimum atomic E-state index is 0.556. The summed E-state index contributed by atoms with van der Waals surface area (Å²) in [5, 5.41) is 8.14. The van der Waals surface area contributed by atoms with Crippen LogP contribution >= 0.6 is 11.6 Å². The molecule has 0 aliphatic carbocycles. The van der Waals surface area contributed by atoms with Crippen LogP contribution in [-0.4, -0.2) is 17.8 Å². The van der Waals surface area contributed by atoms with E-state index >= 15 is 0 Å². The van der Waals surface area contributed by atoms with Crippen molar-refractivity contribution in [3.8, 4) is 0 Å². The van der Waals surface area contributed by atoms with Gasteiger partial charge in [0.25, 0.3) is 0 Å². The first-order valence-electron chi connectivity index (χ1n) is 4.10. The summed E-state index contributed by atoms with van der Waals surface area (Å²) in [6.07, 6.45) is 0. The van der Waals surface area contributed by atoms with Crippen LogP contribution < -0.4 is 0 Å². The standard InChI is InChI=1S/C10H13ClN2/c1-8(12)13(2)7-9-4-3-5-10(11)6-9/h3-6,12H,7H2,1-2H3. The number of rotatable bonds is 2. The van der Waals surface area contributed by atoms with Gasteiger partial charge < -0.3 is 4.90 Å². The van der Waals surface area contributed by atoms with Gasteiger partial charge in [0.1, 0.15) is 0 Å². The average Bonchev–Trinajstić information content (AvgIpc) is 2.04. The molecule has 1 aromatic carbocycles. The van der Waals surface area contributed by atoms with Gasteiger partial charge in [0.05, 0.1) is 5.84 Å². The van der Waals surface area contributed by atoms with Gasteiger partial charge in [-0.05, 0) is 24.6 Å². The van der Waals surface area contributed by atoms with E-state index in [1.807, 2.05) is 36.2 Å². The largest absolute Gasteiger partial charge is 0.360 e. The summed E-state index contributed by atoms with van der Waals surface area (Å²) >= 11 is 5.84. The van der Waals surface area contributed by atoms with E-state index in [1.54, 1.807) is 6.92 Å². The zero-order valence-electron chi connectivity index (χ0n) is 7.84. The molecule has 0 heterocycles. The van der Waals surface area contributed by atoms with E-state index in [2.05, 4.69) is 0 Å². The van der Waals surface area contributed by atoms with Crippen molar-refractivity contribution in [3.63, 3.8) is 0 Å². The fraction of sp³-hybridized carbons (Fsp3) is 0.300. The summed E-state index contributed by atoms with van der Waals surface area (Å²) in [4.78, 5) is 1.87. The first-order valence-corrected chi connectivity index (χ1v) is 4.48. The molecule has 0 atom stereocenters. The van der Waals surface area contributed by atoms with E-state index < -0.39 is 0 Å². The lowest BCUT2D eigenvalue weighted by atomic mass is 10.2. The number of hydrogen-bond donors (Lipinski definition) is 1. The Morgan fingerprint density at radius 2 is 2.23 bits per heavy atom. The third-order valence-corrected chi connectivity index (χ3v) is 2.12. The van der Waals surface area contributed by atoms with E-state index in [0.717, 1.165) is 17.1 Å². The number of benzene rings is 1. The Bertz CT molecular complexity index is 310. The molecular formula is C10H13ClN2. The number of nitrogens with one attached hydrogen (secondary N) is 1. The first-order chi connectivity index (χ1) is 6.09. The Morgan fingerprint density at radius 3 is 2.77 bits per heavy atom. The lowest BCUT2D eigenvalue weighted by molar-refractivity contribution is 0.494. The van der Waals surface area contributed by atoms with Crippen LogP contribution in [-0.2, 0) is 6.54 Å². The van der Waals surface area contributed by atoms with Crippen LogP contribution in [0.5, 0.6) is 0 Å². The van der Waals surface area contributed by atoms with Gasteiger partial charge in [0, 0.05) is 18.6 Å². The molecule has 0 radical (unpaired) electrons. The van der Waals surface area contributed by atoms with Crippen LogP contribution in [0.4, 0.5) is 0 Å². The molecule has 0 amide bonds. The van der Waals surface area contributed by atoms with Crippen molar-refractivity contribution >= 4 is 17.4 Å². The quantitative estimate of drug-likeness (QED) is 0.572. The molecule has 13 heavy (non-hydrogen) atoms. The van der Waals surface area contributed by atoms with Crippen LogP contribution in [0.2, 0.25) is 5.02 Å². The maximum absolute atomic E-state index is 7.40. The molecule has 0 unspecified atom stereocenters. The van der Waals surface area contributed by atoms with Crippen molar-refractivity contribution in [2.24, 2.45) is 0 Å². The van der Waals surface area contributed by atoms with Gasteiger partial charge >= 0.3 is 0 Å². The van der Waals surface area contributed by atoms with Gasteiger partial charge in [0.2, 0.25) is 0 Å². The minimum absolute atomic E-state index is 0.556. The SMILES string of the molecule is CC(=N)N(C)Cc1cccc(Cl)c1. The second kappa shape index (κ2) is 4.28. The maximum Gasteiger partial charge on any atom is 0.0926 e. The van der Waals surface area contributed by atoms with Gasteiger partial charge in [-0.1, -0.05) is 23.7 Å². The molecule has 1 rings (SSSR count). The second-order valence-corrected chi connectivity index (χ2v) is 3.51. The Hall–Kier alpha value is -1.02. The fourth-order valence-electron chi connectivity index (χ4n) is 1.03. The predicted octanol–water partition coefficient (Wildman–Crippen LogP) is 2.77. The lowest BCUT2D eigenvalue weighted by Gasteiger charge is -2.17. The smallest absolute Gasteiger partial charge is 0.0926 e. The zero-order valence-corrected chi connectivity index (χ0v) is 8.60. The zero-order chi connectivity index (χ0) is 9.84. The third kappa shape index (κ3) is 3.07. The highest BCUT2D eigenvalue weighted by molar-refractivity contribution is 6.30. The molecule has 70 valence electrons. The fourth-order valence-corrected chi connectivity index (χ4v) is 1.24. The normalized spacial score (nSPS) is 9.77. The second-order valence-electron chi connectivity index (χ2n) is 3.07. The van der Waals surface area contributed by atoms with E-state index in [4.69, 9.17) is 17.0 Å². The van der Waals surface area contributed by atoms with Gasteiger partial charge in [-0.25, -0.2) is 0 Å². The average molecular weight is 197 g/mol. The van der Waals surface area contributed by atoms with Crippen LogP contribution in [0.1, 0.15) is 12.5 Å². The molecule has 2 nitrogen and oxygen atoms in total. The molecule has 0 aliphatic heterocycles. The Morgan fingerprint density at radius 1 is 1.54 bits per heavy atom. The highest BCUT2D eigenvalue weighted by atomic mass is 35.5. The van der Waals surface area contributed by atoms with Crippen molar-refractivity contribution in [1.29, 1.82) is 5.41 Å². The van der Waals surface area contributed by atoms with Crippen molar-refractivity contribution in [3.05, 3.63) is 34.9 Å². The minimum Gasteiger partial charge on any atom is -0.360 e. The van der Waals surface area contributed by atoms with Crippen LogP contribution in [0.25, 0.3) is 0 Å². The molecule has 3 heteroatoms. The summed E-state index contributed by atoms with van der Waals surface area (Å²) in [7, 11) is 1.89. The van der Waals surface area contributed by atoms with Crippen LogP contribution in [0.15, 0.2) is 24.3 Å². The molecule has 1 aromatic rings. The number of amidine groups is 1. The molecule has 0 fully saturated rings. The summed E-state index contributed by atoms with van der Waals surface area (Å²) in [5.41, 5.74) is 1.13. The highest BCUT2D eigenvalue weighted by Crippen LogP contribution is 2.11. The summed E-state index contributed by atoms with van der Waals surface area (Å²) in [6.45, 7) is 2.50. The van der Waals surface area contributed by atoms with E-state index in [0.29, 0.717) is 5.84 Å². The van der Waals surface area contributed by atoms with Crippen molar-refractivity contribution in [2.45, 2.75) is 13.5 Å². The van der Waals surface area contributed by atoms with Crippen LogP contribution in [0, 0.1) is 5.41 Å².